The molecular formula is C13H24N2O2. The Balaban J connectivity index is 1.51. The van der Waals surface area contributed by atoms with E-state index < -0.39 is 0 Å². The summed E-state index contributed by atoms with van der Waals surface area (Å²) in [5.74, 6) is 0.179. The van der Waals surface area contributed by atoms with E-state index in [4.69, 9.17) is 0 Å². The van der Waals surface area contributed by atoms with Gasteiger partial charge in [-0.15, -0.1) is 0 Å². The molecule has 2 fully saturated rings. The van der Waals surface area contributed by atoms with Crippen molar-refractivity contribution in [1.82, 2.24) is 10.6 Å². The number of amides is 1. The SMILES string of the molecule is O=C(CCCNC1CCCCC1O)NC1CC1. The van der Waals surface area contributed by atoms with Gasteiger partial charge in [0.2, 0.25) is 5.91 Å². The number of aliphatic hydroxyl groups is 1. The number of rotatable bonds is 6. The second kappa shape index (κ2) is 6.36. The summed E-state index contributed by atoms with van der Waals surface area (Å²) in [5.41, 5.74) is 0. The second-order valence-electron chi connectivity index (χ2n) is 5.36. The molecule has 4 nitrogen and oxygen atoms in total. The Morgan fingerprint density at radius 1 is 1.18 bits per heavy atom. The van der Waals surface area contributed by atoms with E-state index in [0.717, 1.165) is 45.1 Å². The van der Waals surface area contributed by atoms with Gasteiger partial charge in [-0.25, -0.2) is 0 Å². The largest absolute Gasteiger partial charge is 0.392 e. The van der Waals surface area contributed by atoms with Crippen LogP contribution in [0, 0.1) is 0 Å². The first-order chi connectivity index (χ1) is 8.25. The van der Waals surface area contributed by atoms with Gasteiger partial charge < -0.3 is 15.7 Å². The molecule has 0 radical (unpaired) electrons. The predicted molar refractivity (Wildman–Crippen MR) is 66.7 cm³/mol. The molecule has 0 bridgehead atoms. The topological polar surface area (TPSA) is 61.4 Å². The molecule has 0 aromatic heterocycles. The fourth-order valence-electron chi connectivity index (χ4n) is 2.41. The van der Waals surface area contributed by atoms with Crippen LogP contribution in [0.4, 0.5) is 0 Å². The van der Waals surface area contributed by atoms with E-state index in [-0.39, 0.29) is 18.1 Å². The number of hydrogen-bond acceptors (Lipinski definition) is 3. The average molecular weight is 240 g/mol. The lowest BCUT2D eigenvalue weighted by Crippen LogP contribution is -2.42. The van der Waals surface area contributed by atoms with Gasteiger partial charge in [0, 0.05) is 18.5 Å². The van der Waals surface area contributed by atoms with Crippen molar-refractivity contribution in [2.24, 2.45) is 0 Å². The molecule has 17 heavy (non-hydrogen) atoms. The molecule has 0 aliphatic heterocycles. The quantitative estimate of drug-likeness (QED) is 0.605. The van der Waals surface area contributed by atoms with Crippen LogP contribution in [0.15, 0.2) is 0 Å². The highest BCUT2D eigenvalue weighted by atomic mass is 16.3. The Morgan fingerprint density at radius 3 is 2.65 bits per heavy atom. The molecule has 0 aromatic rings. The Labute approximate surface area is 103 Å². The van der Waals surface area contributed by atoms with E-state index >= 15 is 0 Å². The standard InChI is InChI=1S/C13H24N2O2/c16-12-5-2-1-4-11(12)14-9-3-6-13(17)15-10-7-8-10/h10-12,14,16H,1-9H2,(H,15,17). The molecule has 0 aromatic carbocycles. The second-order valence-corrected chi connectivity index (χ2v) is 5.36. The van der Waals surface area contributed by atoms with Crippen molar-refractivity contribution in [3.63, 3.8) is 0 Å². The van der Waals surface area contributed by atoms with Crippen LogP contribution < -0.4 is 10.6 Å². The van der Waals surface area contributed by atoms with Gasteiger partial charge in [0.1, 0.15) is 0 Å². The molecule has 3 N–H and O–H groups in total. The summed E-state index contributed by atoms with van der Waals surface area (Å²) in [5, 5.41) is 16.1. The summed E-state index contributed by atoms with van der Waals surface area (Å²) in [6, 6.07) is 0.714. The van der Waals surface area contributed by atoms with Gasteiger partial charge in [-0.1, -0.05) is 12.8 Å². The number of carbonyl (C=O) groups is 1. The summed E-state index contributed by atoms with van der Waals surface area (Å²) < 4.78 is 0. The van der Waals surface area contributed by atoms with Gasteiger partial charge in [0.15, 0.2) is 0 Å². The maximum atomic E-state index is 11.4. The smallest absolute Gasteiger partial charge is 0.220 e. The third kappa shape index (κ3) is 4.64. The van der Waals surface area contributed by atoms with Crippen molar-refractivity contribution in [1.29, 1.82) is 0 Å². The van der Waals surface area contributed by atoms with Crippen molar-refractivity contribution in [2.75, 3.05) is 6.54 Å². The minimum atomic E-state index is -0.191. The first-order valence-electron chi connectivity index (χ1n) is 6.96. The number of aliphatic hydroxyl groups excluding tert-OH is 1. The minimum Gasteiger partial charge on any atom is -0.392 e. The highest BCUT2D eigenvalue weighted by molar-refractivity contribution is 5.76. The van der Waals surface area contributed by atoms with Gasteiger partial charge in [-0.3, -0.25) is 4.79 Å². The lowest BCUT2D eigenvalue weighted by Gasteiger charge is -2.28. The monoisotopic (exact) mass is 240 g/mol. The van der Waals surface area contributed by atoms with E-state index in [1.165, 1.54) is 6.42 Å². The van der Waals surface area contributed by atoms with E-state index in [0.29, 0.717) is 12.5 Å². The maximum Gasteiger partial charge on any atom is 0.220 e. The Hall–Kier alpha value is -0.610. The molecule has 0 saturated heterocycles. The summed E-state index contributed by atoms with van der Waals surface area (Å²) in [6.45, 7) is 0.833. The molecule has 2 rings (SSSR count). The van der Waals surface area contributed by atoms with Gasteiger partial charge in [0.25, 0.3) is 0 Å². The zero-order valence-electron chi connectivity index (χ0n) is 10.5. The summed E-state index contributed by atoms with van der Waals surface area (Å²) >= 11 is 0. The first-order valence-corrected chi connectivity index (χ1v) is 6.96. The van der Waals surface area contributed by atoms with Gasteiger partial charge in [-0.2, -0.15) is 0 Å². The van der Waals surface area contributed by atoms with Crippen LogP contribution in [0.25, 0.3) is 0 Å². The van der Waals surface area contributed by atoms with Crippen LogP contribution in [0.3, 0.4) is 0 Å². The normalized spacial score (nSPS) is 29.0. The third-order valence-corrected chi connectivity index (χ3v) is 3.66. The number of nitrogens with one attached hydrogen (secondary N) is 2. The average Bonchev–Trinajstić information content (AvgIpc) is 3.10. The van der Waals surface area contributed by atoms with E-state index in [9.17, 15) is 9.90 Å². The van der Waals surface area contributed by atoms with Crippen LogP contribution in [-0.4, -0.2) is 35.7 Å². The zero-order chi connectivity index (χ0) is 12.1. The van der Waals surface area contributed by atoms with Crippen LogP contribution in [-0.2, 0) is 4.79 Å². The van der Waals surface area contributed by atoms with Gasteiger partial charge in [0.05, 0.1) is 6.10 Å². The van der Waals surface area contributed by atoms with E-state index in [1.807, 2.05) is 0 Å². The summed E-state index contributed by atoms with van der Waals surface area (Å²) in [6.07, 6.45) is 7.91. The van der Waals surface area contributed by atoms with Crippen LogP contribution in [0.1, 0.15) is 51.4 Å². The van der Waals surface area contributed by atoms with Crippen LogP contribution in [0.5, 0.6) is 0 Å². The molecular weight excluding hydrogens is 216 g/mol. The molecule has 2 atom stereocenters. The molecule has 2 aliphatic rings. The van der Waals surface area contributed by atoms with Crippen molar-refractivity contribution < 1.29 is 9.90 Å². The first kappa shape index (κ1) is 12.8. The highest BCUT2D eigenvalue weighted by Gasteiger charge is 2.23. The zero-order valence-corrected chi connectivity index (χ0v) is 10.5. The Morgan fingerprint density at radius 2 is 1.94 bits per heavy atom. The molecule has 4 heteroatoms. The van der Waals surface area contributed by atoms with Gasteiger partial charge >= 0.3 is 0 Å². The van der Waals surface area contributed by atoms with Crippen molar-refractivity contribution in [3.8, 4) is 0 Å². The van der Waals surface area contributed by atoms with E-state index in [2.05, 4.69) is 10.6 Å². The molecule has 1 amide bonds. The molecule has 0 spiro atoms. The molecule has 2 saturated carbocycles. The third-order valence-electron chi connectivity index (χ3n) is 3.66. The number of carbonyl (C=O) groups excluding carboxylic acids is 1. The maximum absolute atomic E-state index is 11.4. The fourth-order valence-corrected chi connectivity index (χ4v) is 2.41. The molecule has 2 unspecified atom stereocenters. The Kier molecular flexibility index (Phi) is 4.80. The lowest BCUT2D eigenvalue weighted by molar-refractivity contribution is -0.121. The summed E-state index contributed by atoms with van der Waals surface area (Å²) in [4.78, 5) is 11.4. The highest BCUT2D eigenvalue weighted by Crippen LogP contribution is 2.19. The fraction of sp³-hybridized carbons (Fsp3) is 0.923. The van der Waals surface area contributed by atoms with Crippen molar-refractivity contribution in [2.45, 2.75) is 69.6 Å². The summed E-state index contributed by atoms with van der Waals surface area (Å²) in [7, 11) is 0. The van der Waals surface area contributed by atoms with Crippen LogP contribution >= 0.6 is 0 Å². The predicted octanol–water partition coefficient (Wildman–Crippen LogP) is 0.938. The van der Waals surface area contributed by atoms with Crippen molar-refractivity contribution in [3.05, 3.63) is 0 Å². The van der Waals surface area contributed by atoms with Gasteiger partial charge in [-0.05, 0) is 38.6 Å². The van der Waals surface area contributed by atoms with E-state index in [1.54, 1.807) is 0 Å². The van der Waals surface area contributed by atoms with Crippen LogP contribution in [0.2, 0.25) is 0 Å². The molecule has 2 aliphatic carbocycles. The Bertz CT molecular complexity index is 254. The van der Waals surface area contributed by atoms with Crippen molar-refractivity contribution >= 4 is 5.91 Å². The molecule has 0 heterocycles. The molecule has 98 valence electrons. The lowest BCUT2D eigenvalue weighted by atomic mass is 9.92. The number of hydrogen-bond donors (Lipinski definition) is 3. The minimum absolute atomic E-state index is 0.179.